The Morgan fingerprint density at radius 2 is 1.96 bits per heavy atom. The Balaban J connectivity index is 1.78. The lowest BCUT2D eigenvalue weighted by Crippen LogP contribution is -2.34. The molecule has 0 aliphatic rings. The lowest BCUT2D eigenvalue weighted by Gasteiger charge is -2.04. The van der Waals surface area contributed by atoms with E-state index in [0.29, 0.717) is 10.6 Å². The molecule has 0 spiro atoms. The summed E-state index contributed by atoms with van der Waals surface area (Å²) in [4.78, 5) is 33.0. The Kier molecular flexibility index (Phi) is 5.63. The number of hydrazone groups is 1. The molecule has 2 aromatic rings. The van der Waals surface area contributed by atoms with Gasteiger partial charge < -0.3 is 9.73 Å². The van der Waals surface area contributed by atoms with E-state index in [0.717, 1.165) is 12.3 Å². The summed E-state index contributed by atoms with van der Waals surface area (Å²) in [7, 11) is 0. The summed E-state index contributed by atoms with van der Waals surface area (Å²) in [5, 5.41) is 16.9. The van der Waals surface area contributed by atoms with Gasteiger partial charge in [0.25, 0.3) is 11.8 Å². The standard InChI is InChI=1S/C14H11ClN4O5/c15-10-3-1-9(2-4-10)14(21)16-8-12(20)18-17-7-11-5-6-13(24-11)19(22)23/h1-7H,8H2,(H,16,21)(H,18,20). The van der Waals surface area contributed by atoms with Gasteiger partial charge in [-0.15, -0.1) is 0 Å². The zero-order valence-corrected chi connectivity index (χ0v) is 12.8. The number of amides is 2. The number of rotatable bonds is 6. The predicted octanol–water partition coefficient (Wildman–Crippen LogP) is 1.72. The number of carbonyl (C=O) groups excluding carboxylic acids is 2. The molecule has 1 heterocycles. The highest BCUT2D eigenvalue weighted by atomic mass is 35.5. The minimum atomic E-state index is -0.692. The van der Waals surface area contributed by atoms with Crippen LogP contribution in [-0.2, 0) is 4.79 Å². The molecular weight excluding hydrogens is 340 g/mol. The summed E-state index contributed by atoms with van der Waals surface area (Å²) >= 11 is 5.71. The van der Waals surface area contributed by atoms with E-state index in [1.54, 1.807) is 12.1 Å². The maximum Gasteiger partial charge on any atom is 0.433 e. The van der Waals surface area contributed by atoms with Gasteiger partial charge in [0, 0.05) is 10.6 Å². The largest absolute Gasteiger partial charge is 0.433 e. The van der Waals surface area contributed by atoms with E-state index in [1.165, 1.54) is 18.2 Å². The van der Waals surface area contributed by atoms with Crippen LogP contribution in [-0.4, -0.2) is 29.5 Å². The molecule has 0 aliphatic carbocycles. The summed E-state index contributed by atoms with van der Waals surface area (Å²) in [6, 6.07) is 8.66. The average molecular weight is 351 g/mol. The second-order valence-corrected chi connectivity index (χ2v) is 4.85. The molecule has 0 unspecified atom stereocenters. The van der Waals surface area contributed by atoms with Gasteiger partial charge >= 0.3 is 5.88 Å². The van der Waals surface area contributed by atoms with Crippen LogP contribution in [0.25, 0.3) is 0 Å². The lowest BCUT2D eigenvalue weighted by atomic mass is 10.2. The van der Waals surface area contributed by atoms with Gasteiger partial charge in [-0.1, -0.05) is 11.6 Å². The number of nitro groups is 1. The molecule has 0 atom stereocenters. The average Bonchev–Trinajstić information content (AvgIpc) is 3.02. The van der Waals surface area contributed by atoms with Gasteiger partial charge in [0.1, 0.15) is 4.92 Å². The second-order valence-electron chi connectivity index (χ2n) is 4.42. The van der Waals surface area contributed by atoms with E-state index in [9.17, 15) is 19.7 Å². The van der Waals surface area contributed by atoms with Crippen molar-refractivity contribution in [1.29, 1.82) is 0 Å². The highest BCUT2D eigenvalue weighted by Gasteiger charge is 2.10. The molecule has 2 N–H and O–H groups in total. The first-order chi connectivity index (χ1) is 11.5. The van der Waals surface area contributed by atoms with Crippen molar-refractivity contribution in [3.8, 4) is 0 Å². The molecule has 1 aromatic carbocycles. The molecule has 1 aromatic heterocycles. The number of benzene rings is 1. The molecular formula is C14H11ClN4O5. The fraction of sp³-hybridized carbons (Fsp3) is 0.0714. The molecule has 0 fully saturated rings. The predicted molar refractivity (Wildman–Crippen MR) is 84.9 cm³/mol. The van der Waals surface area contributed by atoms with E-state index in [4.69, 9.17) is 16.0 Å². The number of halogens is 1. The topological polar surface area (TPSA) is 127 Å². The third-order valence-electron chi connectivity index (χ3n) is 2.69. The fourth-order valence-corrected chi connectivity index (χ4v) is 1.71. The summed E-state index contributed by atoms with van der Waals surface area (Å²) in [5.74, 6) is -1.34. The monoisotopic (exact) mass is 350 g/mol. The van der Waals surface area contributed by atoms with E-state index >= 15 is 0 Å². The molecule has 124 valence electrons. The van der Waals surface area contributed by atoms with Crippen LogP contribution in [0.15, 0.2) is 45.9 Å². The number of furan rings is 1. The van der Waals surface area contributed by atoms with Crippen LogP contribution in [0.4, 0.5) is 5.88 Å². The minimum Gasteiger partial charge on any atom is -0.400 e. The minimum absolute atomic E-state index is 0.104. The normalized spacial score (nSPS) is 10.5. The van der Waals surface area contributed by atoms with Crippen molar-refractivity contribution in [2.24, 2.45) is 5.10 Å². The van der Waals surface area contributed by atoms with Crippen LogP contribution in [0.1, 0.15) is 16.1 Å². The molecule has 0 saturated heterocycles. The highest BCUT2D eigenvalue weighted by molar-refractivity contribution is 6.30. The lowest BCUT2D eigenvalue weighted by molar-refractivity contribution is -0.402. The van der Waals surface area contributed by atoms with E-state index < -0.39 is 22.6 Å². The third-order valence-corrected chi connectivity index (χ3v) is 2.94. The van der Waals surface area contributed by atoms with Crippen LogP contribution in [0.2, 0.25) is 5.02 Å². The van der Waals surface area contributed by atoms with Crippen LogP contribution >= 0.6 is 11.6 Å². The van der Waals surface area contributed by atoms with Crippen molar-refractivity contribution in [3.63, 3.8) is 0 Å². The first-order valence-electron chi connectivity index (χ1n) is 6.55. The summed E-state index contributed by atoms with van der Waals surface area (Å²) < 4.78 is 4.81. The van der Waals surface area contributed by atoms with Gasteiger partial charge in [-0.2, -0.15) is 5.10 Å². The Morgan fingerprint density at radius 3 is 2.58 bits per heavy atom. The summed E-state index contributed by atoms with van der Waals surface area (Å²) in [6.45, 7) is -0.295. The van der Waals surface area contributed by atoms with E-state index in [1.807, 2.05) is 0 Å². The Hall–Kier alpha value is -3.20. The van der Waals surface area contributed by atoms with Gasteiger partial charge in [0.2, 0.25) is 0 Å². The SMILES string of the molecule is O=C(CNC(=O)c1ccc(Cl)cc1)NN=Cc1ccc([N+](=O)[O-])o1. The van der Waals surface area contributed by atoms with E-state index in [-0.39, 0.29) is 12.3 Å². The van der Waals surface area contributed by atoms with Crippen molar-refractivity contribution >= 4 is 35.5 Å². The van der Waals surface area contributed by atoms with E-state index in [2.05, 4.69) is 15.8 Å². The molecule has 2 amide bonds. The van der Waals surface area contributed by atoms with Crippen molar-refractivity contribution in [2.75, 3.05) is 6.54 Å². The van der Waals surface area contributed by atoms with Gasteiger partial charge in [0.05, 0.1) is 18.8 Å². The first kappa shape index (κ1) is 17.2. The third kappa shape index (κ3) is 4.92. The molecule has 0 bridgehead atoms. The molecule has 0 radical (unpaired) electrons. The molecule has 9 nitrogen and oxygen atoms in total. The molecule has 0 saturated carbocycles. The van der Waals surface area contributed by atoms with Crippen LogP contribution < -0.4 is 10.7 Å². The van der Waals surface area contributed by atoms with Gasteiger partial charge in [-0.05, 0) is 30.3 Å². The fourth-order valence-electron chi connectivity index (χ4n) is 1.58. The Morgan fingerprint density at radius 1 is 1.25 bits per heavy atom. The number of nitrogens with one attached hydrogen (secondary N) is 2. The number of hydrogen-bond acceptors (Lipinski definition) is 6. The first-order valence-corrected chi connectivity index (χ1v) is 6.93. The van der Waals surface area contributed by atoms with Crippen molar-refractivity contribution < 1.29 is 18.9 Å². The number of nitrogens with zero attached hydrogens (tertiary/aromatic N) is 2. The highest BCUT2D eigenvalue weighted by Crippen LogP contribution is 2.13. The molecule has 0 aliphatic heterocycles. The molecule has 24 heavy (non-hydrogen) atoms. The maximum absolute atomic E-state index is 11.8. The maximum atomic E-state index is 11.8. The van der Waals surface area contributed by atoms with Gasteiger partial charge in [0.15, 0.2) is 5.76 Å². The van der Waals surface area contributed by atoms with Crippen LogP contribution in [0.3, 0.4) is 0 Å². The zero-order chi connectivity index (χ0) is 17.5. The number of hydrogen-bond donors (Lipinski definition) is 2. The molecule has 10 heteroatoms. The van der Waals surface area contributed by atoms with Crippen molar-refractivity contribution in [3.05, 3.63) is 62.9 Å². The smallest absolute Gasteiger partial charge is 0.400 e. The quantitative estimate of drug-likeness (QED) is 0.466. The van der Waals surface area contributed by atoms with Crippen LogP contribution in [0, 0.1) is 10.1 Å². The Bertz CT molecular complexity index is 785. The Labute approximate surface area is 140 Å². The van der Waals surface area contributed by atoms with Gasteiger partial charge in [-0.25, -0.2) is 5.43 Å². The van der Waals surface area contributed by atoms with Gasteiger partial charge in [-0.3, -0.25) is 19.7 Å². The zero-order valence-electron chi connectivity index (χ0n) is 12.1. The van der Waals surface area contributed by atoms with Crippen LogP contribution in [0.5, 0.6) is 0 Å². The molecule has 2 rings (SSSR count). The summed E-state index contributed by atoms with van der Waals surface area (Å²) in [5.41, 5.74) is 2.51. The summed E-state index contributed by atoms with van der Waals surface area (Å²) in [6.07, 6.45) is 1.10. The number of carbonyl (C=O) groups is 2. The second kappa shape index (κ2) is 7.88. The van der Waals surface area contributed by atoms with Crippen molar-refractivity contribution in [1.82, 2.24) is 10.7 Å². The van der Waals surface area contributed by atoms with Crippen molar-refractivity contribution in [2.45, 2.75) is 0 Å².